The third-order valence-corrected chi connectivity index (χ3v) is 5.41. The molecule has 1 saturated carbocycles. The van der Waals surface area contributed by atoms with E-state index >= 15 is 0 Å². The fourth-order valence-corrected chi connectivity index (χ4v) is 4.20. The number of nitrogens with zero attached hydrogens (tertiary/aromatic N) is 1. The Hall–Kier alpha value is -0.980. The number of nitrogens with two attached hydrogens (primary N) is 1. The molecule has 1 aliphatic rings. The maximum atomic E-state index is 12.4. The summed E-state index contributed by atoms with van der Waals surface area (Å²) < 4.78 is 27.5. The summed E-state index contributed by atoms with van der Waals surface area (Å²) >= 11 is 0. The molecule has 1 aliphatic carbocycles. The van der Waals surface area contributed by atoms with Crippen LogP contribution in [-0.2, 0) is 16.6 Å². The first-order valence-corrected chi connectivity index (χ1v) is 8.19. The van der Waals surface area contributed by atoms with Gasteiger partial charge in [-0.05, 0) is 37.8 Å². The van der Waals surface area contributed by atoms with E-state index in [1.165, 1.54) is 12.8 Å². The Morgan fingerprint density at radius 1 is 1.47 bits per heavy atom. The summed E-state index contributed by atoms with van der Waals surface area (Å²) in [4.78, 5) is 4.22. The number of sulfonamides is 1. The van der Waals surface area contributed by atoms with E-state index in [0.29, 0.717) is 11.6 Å². The quantitative estimate of drug-likeness (QED) is 0.855. The van der Waals surface area contributed by atoms with Crippen LogP contribution in [0.5, 0.6) is 0 Å². The molecule has 1 aromatic heterocycles. The van der Waals surface area contributed by atoms with Gasteiger partial charge in [-0.2, -0.15) is 0 Å². The molecule has 1 heterocycles. The first kappa shape index (κ1) is 14.4. The third kappa shape index (κ3) is 3.32. The molecule has 2 rings (SSSR count). The molecule has 0 bridgehead atoms. The second-order valence-electron chi connectivity index (χ2n) is 5.11. The number of aromatic nitrogens is 1. The lowest BCUT2D eigenvalue weighted by molar-refractivity contribution is 0.423. The lowest BCUT2D eigenvalue weighted by atomic mass is 10.0. The molecule has 0 spiro atoms. The van der Waals surface area contributed by atoms with Crippen LogP contribution in [-0.4, -0.2) is 19.4 Å². The van der Waals surface area contributed by atoms with Crippen LogP contribution in [0.3, 0.4) is 0 Å². The second-order valence-corrected chi connectivity index (χ2v) is 6.79. The van der Waals surface area contributed by atoms with Gasteiger partial charge in [0.05, 0.1) is 5.69 Å². The Bertz CT molecular complexity index is 524. The topological polar surface area (TPSA) is 85.1 Å². The minimum absolute atomic E-state index is 0.0432. The molecule has 1 aromatic rings. The predicted molar refractivity (Wildman–Crippen MR) is 73.9 cm³/mol. The molecule has 19 heavy (non-hydrogen) atoms. The Kier molecular flexibility index (Phi) is 4.54. The molecule has 3 N–H and O–H groups in total. The fourth-order valence-electron chi connectivity index (χ4n) is 2.68. The van der Waals surface area contributed by atoms with Gasteiger partial charge in [0.15, 0.2) is 0 Å². The second kappa shape index (κ2) is 5.98. The van der Waals surface area contributed by atoms with Crippen molar-refractivity contribution in [1.82, 2.24) is 9.71 Å². The van der Waals surface area contributed by atoms with Crippen molar-refractivity contribution >= 4 is 10.0 Å². The normalized spacial score (nSPS) is 18.6. The molecule has 0 amide bonds. The lowest BCUT2D eigenvalue weighted by Crippen LogP contribution is -2.37. The first-order valence-electron chi connectivity index (χ1n) is 6.71. The van der Waals surface area contributed by atoms with Crippen LogP contribution < -0.4 is 10.5 Å². The molecular formula is C13H21N3O2S. The van der Waals surface area contributed by atoms with Crippen LogP contribution in [0.15, 0.2) is 23.2 Å². The maximum absolute atomic E-state index is 12.4. The van der Waals surface area contributed by atoms with E-state index in [-0.39, 0.29) is 17.5 Å². The summed E-state index contributed by atoms with van der Waals surface area (Å²) in [5, 5.41) is 0. The Balaban J connectivity index is 2.17. The molecule has 0 aliphatic heterocycles. The van der Waals surface area contributed by atoms with Crippen molar-refractivity contribution in [3.8, 4) is 0 Å². The molecule has 1 unspecified atom stereocenters. The van der Waals surface area contributed by atoms with Crippen molar-refractivity contribution in [3.05, 3.63) is 24.0 Å². The van der Waals surface area contributed by atoms with Gasteiger partial charge in [0, 0.05) is 18.8 Å². The van der Waals surface area contributed by atoms with E-state index in [1.54, 1.807) is 18.3 Å². The van der Waals surface area contributed by atoms with E-state index in [9.17, 15) is 8.42 Å². The molecule has 0 radical (unpaired) electrons. The molecule has 6 heteroatoms. The molecule has 0 aromatic carbocycles. The van der Waals surface area contributed by atoms with Gasteiger partial charge in [-0.25, -0.2) is 13.1 Å². The summed E-state index contributed by atoms with van der Waals surface area (Å²) in [5.41, 5.74) is 5.96. The van der Waals surface area contributed by atoms with Crippen LogP contribution in [0.2, 0.25) is 0 Å². The smallest absolute Gasteiger partial charge is 0.242 e. The monoisotopic (exact) mass is 283 g/mol. The zero-order valence-corrected chi connectivity index (χ0v) is 12.0. The molecular weight excluding hydrogens is 262 g/mol. The number of nitrogens with one attached hydrogen (secondary N) is 1. The van der Waals surface area contributed by atoms with E-state index in [0.717, 1.165) is 12.8 Å². The first-order chi connectivity index (χ1) is 9.04. The van der Waals surface area contributed by atoms with Crippen LogP contribution >= 0.6 is 0 Å². The highest BCUT2D eigenvalue weighted by Crippen LogP contribution is 2.28. The van der Waals surface area contributed by atoms with Crippen molar-refractivity contribution in [2.75, 3.05) is 0 Å². The summed E-state index contributed by atoms with van der Waals surface area (Å²) in [7, 11) is -3.53. The average molecular weight is 283 g/mol. The lowest BCUT2D eigenvalue weighted by Gasteiger charge is -2.20. The third-order valence-electron chi connectivity index (χ3n) is 3.78. The zero-order chi connectivity index (χ0) is 13.9. The van der Waals surface area contributed by atoms with E-state index in [4.69, 9.17) is 5.73 Å². The summed E-state index contributed by atoms with van der Waals surface area (Å²) in [6, 6.07) is 3.13. The Morgan fingerprint density at radius 3 is 2.79 bits per heavy atom. The van der Waals surface area contributed by atoms with Crippen molar-refractivity contribution in [2.24, 2.45) is 11.7 Å². The minimum atomic E-state index is -3.53. The Labute approximate surface area is 114 Å². The van der Waals surface area contributed by atoms with E-state index < -0.39 is 10.0 Å². The number of pyridine rings is 1. The standard InChI is InChI=1S/C13H21N3O2S/c1-10(11-5-2-3-6-11)16-19(17,18)13-7-4-8-15-12(13)9-14/h4,7-8,10-11,16H,2-3,5-6,9,14H2,1H3. The molecule has 0 saturated heterocycles. The maximum Gasteiger partial charge on any atom is 0.242 e. The van der Waals surface area contributed by atoms with Gasteiger partial charge >= 0.3 is 0 Å². The average Bonchev–Trinajstić information content (AvgIpc) is 2.92. The largest absolute Gasteiger partial charge is 0.325 e. The number of hydrogen-bond acceptors (Lipinski definition) is 4. The van der Waals surface area contributed by atoms with Gasteiger partial charge in [-0.1, -0.05) is 12.8 Å². The van der Waals surface area contributed by atoms with E-state index in [2.05, 4.69) is 9.71 Å². The SMILES string of the molecule is CC(NS(=O)(=O)c1cccnc1CN)C1CCCC1. The van der Waals surface area contributed by atoms with Gasteiger partial charge in [0.25, 0.3) is 0 Å². The van der Waals surface area contributed by atoms with Crippen LogP contribution in [0.25, 0.3) is 0 Å². The van der Waals surface area contributed by atoms with Crippen molar-refractivity contribution < 1.29 is 8.42 Å². The van der Waals surface area contributed by atoms with Crippen LogP contribution in [0, 0.1) is 5.92 Å². The fraction of sp³-hybridized carbons (Fsp3) is 0.615. The van der Waals surface area contributed by atoms with Crippen molar-refractivity contribution in [3.63, 3.8) is 0 Å². The van der Waals surface area contributed by atoms with Gasteiger partial charge < -0.3 is 5.73 Å². The highest BCUT2D eigenvalue weighted by atomic mass is 32.2. The highest BCUT2D eigenvalue weighted by molar-refractivity contribution is 7.89. The van der Waals surface area contributed by atoms with Crippen LogP contribution in [0.4, 0.5) is 0 Å². The van der Waals surface area contributed by atoms with Crippen molar-refractivity contribution in [1.29, 1.82) is 0 Å². The summed E-state index contributed by atoms with van der Waals surface area (Å²) in [5.74, 6) is 0.438. The molecule has 5 nitrogen and oxygen atoms in total. The minimum Gasteiger partial charge on any atom is -0.325 e. The summed E-state index contributed by atoms with van der Waals surface area (Å²) in [6.45, 7) is 2.06. The summed E-state index contributed by atoms with van der Waals surface area (Å²) in [6.07, 6.45) is 6.14. The molecule has 106 valence electrons. The molecule has 1 atom stereocenters. The number of rotatable bonds is 5. The zero-order valence-electron chi connectivity index (χ0n) is 11.2. The number of hydrogen-bond donors (Lipinski definition) is 2. The van der Waals surface area contributed by atoms with E-state index in [1.807, 2.05) is 6.92 Å². The van der Waals surface area contributed by atoms with Gasteiger partial charge in [-0.15, -0.1) is 0 Å². The van der Waals surface area contributed by atoms with Crippen molar-refractivity contribution in [2.45, 2.75) is 50.1 Å². The van der Waals surface area contributed by atoms with Crippen LogP contribution in [0.1, 0.15) is 38.3 Å². The van der Waals surface area contributed by atoms with Gasteiger partial charge in [-0.3, -0.25) is 4.98 Å². The molecule has 1 fully saturated rings. The van der Waals surface area contributed by atoms with Gasteiger partial charge in [0.2, 0.25) is 10.0 Å². The Morgan fingerprint density at radius 2 is 2.16 bits per heavy atom. The predicted octanol–water partition coefficient (Wildman–Crippen LogP) is 1.40. The van der Waals surface area contributed by atoms with Gasteiger partial charge in [0.1, 0.15) is 4.90 Å². The highest BCUT2D eigenvalue weighted by Gasteiger charge is 2.27.